The minimum atomic E-state index is -1.07. The number of hydrogen-bond acceptors (Lipinski definition) is 2. The Kier molecular flexibility index (Phi) is 4.14. The summed E-state index contributed by atoms with van der Waals surface area (Å²) < 4.78 is 0. The van der Waals surface area contributed by atoms with Gasteiger partial charge in [-0.2, -0.15) is 0 Å². The van der Waals surface area contributed by atoms with Crippen LogP contribution in [0.15, 0.2) is 24.3 Å². The van der Waals surface area contributed by atoms with E-state index in [0.717, 1.165) is 0 Å². The number of carboxylic acid groups (broad SMARTS) is 1. The van der Waals surface area contributed by atoms with E-state index in [0.29, 0.717) is 0 Å². The van der Waals surface area contributed by atoms with Crippen molar-refractivity contribution in [1.29, 1.82) is 0 Å². The van der Waals surface area contributed by atoms with E-state index in [1.54, 1.807) is 12.1 Å². The third-order valence-corrected chi connectivity index (χ3v) is 1.54. The Bertz CT molecular complexity index is 300. The lowest BCUT2D eigenvalue weighted by Crippen LogP contribution is -2.05. The smallest absolute Gasteiger partial charge is 0.336 e. The van der Waals surface area contributed by atoms with Gasteiger partial charge in [-0.25, -0.2) is 4.79 Å². The molecule has 3 nitrogen and oxygen atoms in total. The second kappa shape index (κ2) is 4.62. The van der Waals surface area contributed by atoms with E-state index in [9.17, 15) is 9.59 Å². The Morgan fingerprint density at radius 2 is 1.62 bits per heavy atom. The molecule has 0 fully saturated rings. The zero-order valence-electron chi connectivity index (χ0n) is 6.98. The average Bonchev–Trinajstić information content (AvgIpc) is 2.04. The van der Waals surface area contributed by atoms with Crippen molar-refractivity contribution in [2.24, 2.45) is 0 Å². The van der Waals surface area contributed by atoms with E-state index in [1.165, 1.54) is 19.1 Å². The van der Waals surface area contributed by atoms with Gasteiger partial charge in [0.2, 0.25) is 0 Å². The molecule has 0 amide bonds. The highest BCUT2D eigenvalue weighted by atomic mass is 35.5. The van der Waals surface area contributed by atoms with Crippen molar-refractivity contribution in [3.63, 3.8) is 0 Å². The van der Waals surface area contributed by atoms with Gasteiger partial charge in [0.25, 0.3) is 0 Å². The number of Topliss-reactive ketones (excluding diaryl/α,β-unsaturated/α-hetero) is 1. The first-order chi connectivity index (χ1) is 5.63. The molecule has 0 aliphatic rings. The first-order valence-electron chi connectivity index (χ1n) is 3.46. The number of carboxylic acids is 1. The highest BCUT2D eigenvalue weighted by Crippen LogP contribution is 2.08. The van der Waals surface area contributed by atoms with Crippen molar-refractivity contribution < 1.29 is 14.7 Å². The van der Waals surface area contributed by atoms with Crippen LogP contribution in [0.3, 0.4) is 0 Å². The summed E-state index contributed by atoms with van der Waals surface area (Å²) in [7, 11) is 0. The summed E-state index contributed by atoms with van der Waals surface area (Å²) in [5, 5.41) is 8.66. The summed E-state index contributed by atoms with van der Waals surface area (Å²) >= 11 is 0. The number of benzene rings is 1. The summed E-state index contributed by atoms with van der Waals surface area (Å²) in [6.45, 7) is 1.35. The normalized spacial score (nSPS) is 8.69. The maximum atomic E-state index is 10.9. The molecule has 0 saturated heterocycles. The second-order valence-corrected chi connectivity index (χ2v) is 2.41. The molecule has 0 radical (unpaired) electrons. The molecule has 13 heavy (non-hydrogen) atoms. The molecule has 0 aliphatic heterocycles. The van der Waals surface area contributed by atoms with Crippen LogP contribution in [0.5, 0.6) is 0 Å². The molecular formula is C9H9ClO3. The van der Waals surface area contributed by atoms with Gasteiger partial charge >= 0.3 is 5.97 Å². The quantitative estimate of drug-likeness (QED) is 0.743. The van der Waals surface area contributed by atoms with Gasteiger partial charge in [0.15, 0.2) is 5.78 Å². The van der Waals surface area contributed by atoms with Crippen LogP contribution in [0.25, 0.3) is 0 Å². The van der Waals surface area contributed by atoms with Gasteiger partial charge in [0.1, 0.15) is 0 Å². The van der Waals surface area contributed by atoms with E-state index in [4.69, 9.17) is 5.11 Å². The predicted octanol–water partition coefficient (Wildman–Crippen LogP) is 2.01. The highest BCUT2D eigenvalue weighted by Gasteiger charge is 2.11. The van der Waals surface area contributed by atoms with E-state index in [-0.39, 0.29) is 29.3 Å². The SMILES string of the molecule is CC(=O)c1ccccc1C(=O)O.Cl. The number of hydrogen-bond donors (Lipinski definition) is 1. The summed E-state index contributed by atoms with van der Waals surface area (Å²) in [4.78, 5) is 21.5. The number of carbonyl (C=O) groups excluding carboxylic acids is 1. The molecule has 1 aromatic carbocycles. The van der Waals surface area contributed by atoms with Crippen molar-refractivity contribution in [2.45, 2.75) is 6.92 Å². The topological polar surface area (TPSA) is 54.4 Å². The average molecular weight is 201 g/mol. The van der Waals surface area contributed by atoms with Gasteiger partial charge in [-0.05, 0) is 13.0 Å². The largest absolute Gasteiger partial charge is 0.478 e. The lowest BCUT2D eigenvalue weighted by Gasteiger charge is -1.99. The van der Waals surface area contributed by atoms with E-state index in [2.05, 4.69) is 0 Å². The van der Waals surface area contributed by atoms with Crippen molar-refractivity contribution in [3.05, 3.63) is 35.4 Å². The lowest BCUT2D eigenvalue weighted by molar-refractivity contribution is 0.0692. The van der Waals surface area contributed by atoms with Gasteiger partial charge in [-0.15, -0.1) is 12.4 Å². The number of aromatic carboxylic acids is 1. The van der Waals surface area contributed by atoms with Crippen molar-refractivity contribution in [2.75, 3.05) is 0 Å². The molecule has 1 aromatic rings. The maximum Gasteiger partial charge on any atom is 0.336 e. The Hall–Kier alpha value is -1.35. The molecule has 4 heteroatoms. The Balaban J connectivity index is 0.00000144. The Morgan fingerprint density at radius 1 is 1.15 bits per heavy atom. The number of rotatable bonds is 2. The molecule has 0 bridgehead atoms. The third kappa shape index (κ3) is 2.56. The molecule has 1 rings (SSSR count). The molecule has 0 saturated carbocycles. The van der Waals surface area contributed by atoms with Crippen molar-refractivity contribution in [1.82, 2.24) is 0 Å². The lowest BCUT2D eigenvalue weighted by atomic mass is 10.1. The molecule has 0 heterocycles. The van der Waals surface area contributed by atoms with Crippen LogP contribution >= 0.6 is 12.4 Å². The highest BCUT2D eigenvalue weighted by molar-refractivity contribution is 6.04. The Labute approximate surface area is 81.8 Å². The summed E-state index contributed by atoms with van der Waals surface area (Å²) in [6, 6.07) is 6.16. The zero-order valence-corrected chi connectivity index (χ0v) is 7.80. The molecule has 0 atom stereocenters. The van der Waals surface area contributed by atoms with Crippen LogP contribution in [0, 0.1) is 0 Å². The third-order valence-electron chi connectivity index (χ3n) is 1.54. The summed E-state index contributed by atoms with van der Waals surface area (Å²) in [5.74, 6) is -1.30. The molecule has 0 aliphatic carbocycles. The second-order valence-electron chi connectivity index (χ2n) is 2.41. The first-order valence-corrected chi connectivity index (χ1v) is 3.46. The zero-order chi connectivity index (χ0) is 9.14. The predicted molar refractivity (Wildman–Crippen MR) is 50.7 cm³/mol. The minimum absolute atomic E-state index is 0. The summed E-state index contributed by atoms with van der Waals surface area (Å²) in [6.07, 6.45) is 0. The van der Waals surface area contributed by atoms with Crippen LogP contribution in [0.2, 0.25) is 0 Å². The van der Waals surface area contributed by atoms with Crippen molar-refractivity contribution in [3.8, 4) is 0 Å². The summed E-state index contributed by atoms with van der Waals surface area (Å²) in [5.41, 5.74) is 0.315. The minimum Gasteiger partial charge on any atom is -0.478 e. The van der Waals surface area contributed by atoms with Crippen LogP contribution < -0.4 is 0 Å². The van der Waals surface area contributed by atoms with Crippen LogP contribution in [0.4, 0.5) is 0 Å². The number of carbonyl (C=O) groups is 2. The van der Waals surface area contributed by atoms with Gasteiger partial charge in [-0.1, -0.05) is 18.2 Å². The van der Waals surface area contributed by atoms with E-state index < -0.39 is 5.97 Å². The fourth-order valence-electron chi connectivity index (χ4n) is 0.977. The fourth-order valence-corrected chi connectivity index (χ4v) is 0.977. The van der Waals surface area contributed by atoms with E-state index in [1.807, 2.05) is 0 Å². The van der Waals surface area contributed by atoms with Gasteiger partial charge in [0.05, 0.1) is 5.56 Å². The van der Waals surface area contributed by atoms with E-state index >= 15 is 0 Å². The molecule has 0 spiro atoms. The maximum absolute atomic E-state index is 10.9. The van der Waals surface area contributed by atoms with Crippen LogP contribution in [-0.4, -0.2) is 16.9 Å². The van der Waals surface area contributed by atoms with Crippen LogP contribution in [0.1, 0.15) is 27.6 Å². The Morgan fingerprint density at radius 3 is 1.92 bits per heavy atom. The number of ketones is 1. The fraction of sp³-hybridized carbons (Fsp3) is 0.111. The molecule has 1 N–H and O–H groups in total. The first kappa shape index (κ1) is 11.6. The molecular weight excluding hydrogens is 192 g/mol. The standard InChI is InChI=1S/C9H8O3.ClH/c1-6(10)7-4-2-3-5-8(7)9(11)12;/h2-5H,1H3,(H,11,12);1H. The monoisotopic (exact) mass is 200 g/mol. The van der Waals surface area contributed by atoms with Gasteiger partial charge < -0.3 is 5.11 Å². The molecule has 70 valence electrons. The van der Waals surface area contributed by atoms with Crippen LogP contribution in [-0.2, 0) is 0 Å². The molecule has 0 unspecified atom stereocenters. The molecule has 0 aromatic heterocycles. The number of halogens is 1. The van der Waals surface area contributed by atoms with Gasteiger partial charge in [-0.3, -0.25) is 4.79 Å². The van der Waals surface area contributed by atoms with Gasteiger partial charge in [0, 0.05) is 5.56 Å². The van der Waals surface area contributed by atoms with Crippen molar-refractivity contribution >= 4 is 24.2 Å².